The van der Waals surface area contributed by atoms with Crippen LogP contribution in [0.3, 0.4) is 0 Å². The van der Waals surface area contributed by atoms with Crippen molar-refractivity contribution in [2.24, 2.45) is 11.8 Å². The summed E-state index contributed by atoms with van der Waals surface area (Å²) >= 11 is 0. The fourth-order valence-electron chi connectivity index (χ4n) is 9.63. The van der Waals surface area contributed by atoms with Gasteiger partial charge in [-0.1, -0.05) is 19.1 Å². The molecule has 11 nitrogen and oxygen atoms in total. The summed E-state index contributed by atoms with van der Waals surface area (Å²) in [6.45, 7) is 2.97. The van der Waals surface area contributed by atoms with Crippen LogP contribution in [0.5, 0.6) is 40.2 Å². The predicted molar refractivity (Wildman–Crippen MR) is 230 cm³/mol. The minimum Gasteiger partial charge on any atom is -0.508 e. The maximum absolute atomic E-state index is 12.8. The number of hydrogen-bond donors (Lipinski definition) is 5. The third-order valence-electron chi connectivity index (χ3n) is 12.5. The van der Waals surface area contributed by atoms with Crippen molar-refractivity contribution >= 4 is 10.8 Å². The molecule has 5 unspecified atom stereocenters. The summed E-state index contributed by atoms with van der Waals surface area (Å²) in [4.78, 5) is 0. The fraction of sp³-hybridized carbons (Fsp3) is 0.429. The summed E-state index contributed by atoms with van der Waals surface area (Å²) in [5.41, 5.74) is 5.63. The Hall–Kier alpha value is -5.20. The molecule has 0 saturated heterocycles. The van der Waals surface area contributed by atoms with E-state index >= 15 is 0 Å². The Morgan fingerprint density at radius 1 is 0.833 bits per heavy atom. The van der Waals surface area contributed by atoms with E-state index < -0.39 is 24.2 Å². The van der Waals surface area contributed by atoms with Gasteiger partial charge < -0.3 is 48.8 Å². The number of fused-ring (bicyclic) bond motifs is 4. The lowest BCUT2D eigenvalue weighted by molar-refractivity contribution is -0.115. The first-order chi connectivity index (χ1) is 29.2. The predicted octanol–water partition coefficient (Wildman–Crippen LogP) is 8.89. The molecule has 318 valence electrons. The molecule has 11 heteroatoms. The van der Waals surface area contributed by atoms with Gasteiger partial charge in [0.15, 0.2) is 0 Å². The van der Waals surface area contributed by atoms with Gasteiger partial charge in [0.2, 0.25) is 0 Å². The molecule has 5 aromatic rings. The molecule has 0 spiro atoms. The highest BCUT2D eigenvalue weighted by Crippen LogP contribution is 2.55. The third kappa shape index (κ3) is 8.28. The number of phenols is 3. The minimum absolute atomic E-state index is 0.0727. The number of phenolic OH excluding ortho intramolecular Hbond substituents is 3. The van der Waals surface area contributed by atoms with Gasteiger partial charge in [0.25, 0.3) is 0 Å². The lowest BCUT2D eigenvalue weighted by Gasteiger charge is -2.46. The zero-order valence-corrected chi connectivity index (χ0v) is 34.9. The zero-order valence-electron chi connectivity index (χ0n) is 34.9. The van der Waals surface area contributed by atoms with Gasteiger partial charge in [0, 0.05) is 59.4 Å². The van der Waals surface area contributed by atoms with E-state index in [9.17, 15) is 20.4 Å². The largest absolute Gasteiger partial charge is 0.508 e. The number of aliphatic hydroxyl groups is 1. The van der Waals surface area contributed by atoms with Crippen molar-refractivity contribution in [3.63, 3.8) is 0 Å². The highest BCUT2D eigenvalue weighted by molar-refractivity contribution is 5.96. The van der Waals surface area contributed by atoms with Crippen molar-refractivity contribution in [1.29, 1.82) is 0 Å². The molecule has 60 heavy (non-hydrogen) atoms. The minimum atomic E-state index is -0.985. The Bertz CT molecular complexity index is 2310. The van der Waals surface area contributed by atoms with Crippen LogP contribution in [0.1, 0.15) is 85.5 Å². The quantitative estimate of drug-likeness (QED) is 0.0510. The fourth-order valence-corrected chi connectivity index (χ4v) is 9.63. The maximum atomic E-state index is 12.8. The molecule has 0 bridgehead atoms. The van der Waals surface area contributed by atoms with E-state index in [0.717, 1.165) is 76.3 Å². The number of hydrogen-bond acceptors (Lipinski definition) is 11. The normalized spacial score (nSPS) is 21.2. The van der Waals surface area contributed by atoms with Gasteiger partial charge in [-0.3, -0.25) is 5.32 Å². The molecule has 3 aliphatic rings. The summed E-state index contributed by atoms with van der Waals surface area (Å²) in [6, 6.07) is 22.0. The van der Waals surface area contributed by atoms with Crippen molar-refractivity contribution in [2.75, 3.05) is 41.2 Å². The third-order valence-corrected chi connectivity index (χ3v) is 12.5. The first-order valence-electron chi connectivity index (χ1n) is 21.2. The number of nitrogens with one attached hydrogen (secondary N) is 1. The van der Waals surface area contributed by atoms with Crippen molar-refractivity contribution < 1.29 is 48.8 Å². The second-order valence-electron chi connectivity index (χ2n) is 16.3. The molecule has 0 aromatic heterocycles. The second-order valence-corrected chi connectivity index (χ2v) is 16.3. The monoisotopic (exact) mass is 819 g/mol. The van der Waals surface area contributed by atoms with Crippen LogP contribution in [0.4, 0.5) is 0 Å². The Morgan fingerprint density at radius 3 is 2.40 bits per heavy atom. The molecular formula is C49H57NO10. The molecule has 2 aliphatic heterocycles. The van der Waals surface area contributed by atoms with E-state index in [1.54, 1.807) is 38.5 Å². The molecule has 1 saturated carbocycles. The molecular weight excluding hydrogens is 763 g/mol. The van der Waals surface area contributed by atoms with Gasteiger partial charge in [-0.2, -0.15) is 0 Å². The van der Waals surface area contributed by atoms with E-state index in [-0.39, 0.29) is 42.6 Å². The smallest absolute Gasteiger partial charge is 0.133 e. The number of aromatic hydroxyl groups is 3. The Morgan fingerprint density at radius 2 is 1.65 bits per heavy atom. The first kappa shape index (κ1) is 41.5. The molecule has 8 rings (SSSR count). The van der Waals surface area contributed by atoms with Crippen molar-refractivity contribution in [3.8, 4) is 51.4 Å². The molecule has 5 aromatic carbocycles. The van der Waals surface area contributed by atoms with Crippen molar-refractivity contribution in [3.05, 3.63) is 101 Å². The van der Waals surface area contributed by atoms with Gasteiger partial charge >= 0.3 is 0 Å². The maximum Gasteiger partial charge on any atom is 0.133 e. The highest BCUT2D eigenvalue weighted by Gasteiger charge is 2.49. The number of aliphatic hydroxyl groups excluding tert-OH is 1. The average molecular weight is 820 g/mol. The number of ether oxygens (including phenoxy) is 6. The van der Waals surface area contributed by atoms with Crippen LogP contribution in [0.2, 0.25) is 0 Å². The van der Waals surface area contributed by atoms with Crippen LogP contribution in [0.25, 0.3) is 21.9 Å². The van der Waals surface area contributed by atoms with Crippen LogP contribution in [0, 0.1) is 11.8 Å². The van der Waals surface area contributed by atoms with Gasteiger partial charge in [-0.25, -0.2) is 0 Å². The van der Waals surface area contributed by atoms with Gasteiger partial charge in [0.05, 0.1) is 38.8 Å². The summed E-state index contributed by atoms with van der Waals surface area (Å²) in [6.07, 6.45) is 4.66. The Kier molecular flexibility index (Phi) is 12.6. The second kappa shape index (κ2) is 18.2. The first-order valence-corrected chi connectivity index (χ1v) is 21.2. The van der Waals surface area contributed by atoms with E-state index in [1.807, 2.05) is 62.5 Å². The molecule has 0 radical (unpaired) electrons. The Balaban J connectivity index is 1.23. The SMILES string of the molecule is CCc1cc(-c2cccc(O)c2)c(Cc2cc(OC3CCCC3)cc3c2OCC(C2C(CCCOC)Oc4c(cc(OC)c5cc(O)ccc45)C2OCNC)C3O)cc1O. The molecule has 5 atom stereocenters. The summed E-state index contributed by atoms with van der Waals surface area (Å²) in [7, 11) is 5.12. The number of aryl methyl sites for hydroxylation is 1. The standard InChI is InChI=1S/C49H57NO10/c1-5-28-21-37(29-10-8-11-32(51)19-29)30(22-42(28)53)18-31-20-35(59-34-12-6-7-13-34)24-39-46(54)41(26-57-47(31)39)45-43(14-9-17-55-3)60-48-36-16-15-33(52)23-38(36)44(56-4)25-40(48)49(45)58-27-50-2/h8,10-11,15-16,19-25,34,41,43,45-46,49-54H,5-7,9,12-14,17-18,26-27H2,1-4H3. The average Bonchev–Trinajstić information content (AvgIpc) is 3.76. The molecule has 1 fully saturated rings. The van der Waals surface area contributed by atoms with Crippen LogP contribution < -0.4 is 24.3 Å². The topological polar surface area (TPSA) is 148 Å². The van der Waals surface area contributed by atoms with E-state index in [1.165, 1.54) is 0 Å². The van der Waals surface area contributed by atoms with E-state index in [4.69, 9.17) is 28.4 Å². The highest BCUT2D eigenvalue weighted by atomic mass is 16.5. The van der Waals surface area contributed by atoms with Gasteiger partial charge in [-0.15, -0.1) is 0 Å². The van der Waals surface area contributed by atoms with E-state index in [2.05, 4.69) is 5.32 Å². The number of rotatable bonds is 15. The number of methoxy groups -OCH3 is 2. The lowest BCUT2D eigenvalue weighted by atomic mass is 9.72. The molecule has 2 heterocycles. The van der Waals surface area contributed by atoms with Gasteiger partial charge in [0.1, 0.15) is 46.4 Å². The van der Waals surface area contributed by atoms with Crippen LogP contribution in [0.15, 0.2) is 72.8 Å². The van der Waals surface area contributed by atoms with Crippen LogP contribution >= 0.6 is 0 Å². The van der Waals surface area contributed by atoms with E-state index in [0.29, 0.717) is 54.4 Å². The summed E-state index contributed by atoms with van der Waals surface area (Å²) < 4.78 is 38.6. The van der Waals surface area contributed by atoms with Crippen LogP contribution in [-0.2, 0) is 22.3 Å². The molecule has 0 amide bonds. The summed E-state index contributed by atoms with van der Waals surface area (Å²) in [5.74, 6) is 2.13. The van der Waals surface area contributed by atoms with Crippen LogP contribution in [-0.4, -0.2) is 73.8 Å². The van der Waals surface area contributed by atoms with Crippen molar-refractivity contribution in [2.45, 2.75) is 82.7 Å². The Labute approximate surface area is 351 Å². The zero-order chi connectivity index (χ0) is 41.9. The lowest BCUT2D eigenvalue weighted by Crippen LogP contribution is -2.47. The number of benzene rings is 5. The van der Waals surface area contributed by atoms with Crippen molar-refractivity contribution in [1.82, 2.24) is 5.32 Å². The molecule has 1 aliphatic carbocycles. The summed E-state index contributed by atoms with van der Waals surface area (Å²) in [5, 5.41) is 49.5. The van der Waals surface area contributed by atoms with Gasteiger partial charge in [-0.05, 0) is 135 Å². The molecule has 5 N–H and O–H groups in total.